The standard InChI is InChI=1S/C18H19FN2O2/c1-13-9-10-15(19)12-16(13)21-18(23)17(22)20-11-5-8-14-6-3-2-4-7-14/h2-4,6-7,9-10,12H,5,8,11H2,1H3,(H,20,22)(H,21,23). The van der Waals surface area contributed by atoms with Crippen molar-refractivity contribution in [3.63, 3.8) is 0 Å². The molecule has 0 aliphatic rings. The van der Waals surface area contributed by atoms with E-state index in [1.165, 1.54) is 17.7 Å². The van der Waals surface area contributed by atoms with E-state index < -0.39 is 17.6 Å². The van der Waals surface area contributed by atoms with Crippen LogP contribution < -0.4 is 10.6 Å². The molecule has 0 aromatic heterocycles. The molecule has 120 valence electrons. The molecule has 0 radical (unpaired) electrons. The average Bonchev–Trinajstić information content (AvgIpc) is 2.55. The van der Waals surface area contributed by atoms with Gasteiger partial charge in [0.05, 0.1) is 0 Å². The fourth-order valence-corrected chi connectivity index (χ4v) is 2.13. The second kappa shape index (κ2) is 8.08. The first-order valence-electron chi connectivity index (χ1n) is 7.45. The Labute approximate surface area is 134 Å². The molecule has 0 aliphatic carbocycles. The maximum absolute atomic E-state index is 13.2. The van der Waals surface area contributed by atoms with Crippen LogP contribution in [0.25, 0.3) is 0 Å². The molecule has 0 saturated heterocycles. The zero-order chi connectivity index (χ0) is 16.7. The predicted octanol–water partition coefficient (Wildman–Crippen LogP) is 2.82. The van der Waals surface area contributed by atoms with Gasteiger partial charge in [0.2, 0.25) is 0 Å². The molecule has 0 atom stereocenters. The van der Waals surface area contributed by atoms with Gasteiger partial charge in [-0.3, -0.25) is 9.59 Å². The van der Waals surface area contributed by atoms with Crippen molar-refractivity contribution in [3.05, 3.63) is 65.5 Å². The summed E-state index contributed by atoms with van der Waals surface area (Å²) in [5, 5.41) is 4.98. The lowest BCUT2D eigenvalue weighted by atomic mass is 10.1. The molecule has 0 aliphatic heterocycles. The van der Waals surface area contributed by atoms with Crippen LogP contribution in [0, 0.1) is 12.7 Å². The summed E-state index contributed by atoms with van der Waals surface area (Å²) in [5.41, 5.74) is 2.17. The Balaban J connectivity index is 1.77. The lowest BCUT2D eigenvalue weighted by Crippen LogP contribution is -2.36. The van der Waals surface area contributed by atoms with Gasteiger partial charge < -0.3 is 10.6 Å². The molecule has 0 heterocycles. The highest BCUT2D eigenvalue weighted by atomic mass is 19.1. The van der Waals surface area contributed by atoms with E-state index in [9.17, 15) is 14.0 Å². The Hall–Kier alpha value is -2.69. The molecule has 5 heteroatoms. The smallest absolute Gasteiger partial charge is 0.313 e. The lowest BCUT2D eigenvalue weighted by Gasteiger charge is -2.09. The average molecular weight is 314 g/mol. The number of nitrogens with one attached hydrogen (secondary N) is 2. The van der Waals surface area contributed by atoms with E-state index in [1.807, 2.05) is 30.3 Å². The molecule has 0 saturated carbocycles. The van der Waals surface area contributed by atoms with Crippen molar-refractivity contribution in [2.45, 2.75) is 19.8 Å². The van der Waals surface area contributed by atoms with Crippen molar-refractivity contribution in [3.8, 4) is 0 Å². The third-order valence-electron chi connectivity index (χ3n) is 3.42. The van der Waals surface area contributed by atoms with Crippen LogP contribution in [0.15, 0.2) is 48.5 Å². The zero-order valence-electron chi connectivity index (χ0n) is 12.9. The van der Waals surface area contributed by atoms with Crippen LogP contribution in [0.4, 0.5) is 10.1 Å². The summed E-state index contributed by atoms with van der Waals surface area (Å²) in [7, 11) is 0. The number of hydrogen-bond donors (Lipinski definition) is 2. The molecule has 0 unspecified atom stereocenters. The molecular formula is C18H19FN2O2. The van der Waals surface area contributed by atoms with Crippen molar-refractivity contribution in [2.24, 2.45) is 0 Å². The van der Waals surface area contributed by atoms with Crippen LogP contribution in [0.3, 0.4) is 0 Å². The van der Waals surface area contributed by atoms with E-state index in [0.717, 1.165) is 12.8 Å². The number of carbonyl (C=O) groups is 2. The van der Waals surface area contributed by atoms with Crippen LogP contribution >= 0.6 is 0 Å². The van der Waals surface area contributed by atoms with Crippen LogP contribution in [0.2, 0.25) is 0 Å². The van der Waals surface area contributed by atoms with Gasteiger partial charge in [0, 0.05) is 12.2 Å². The molecule has 2 rings (SSSR count). The number of benzene rings is 2. The molecule has 2 aromatic carbocycles. The fourth-order valence-electron chi connectivity index (χ4n) is 2.13. The minimum atomic E-state index is -0.793. The largest absolute Gasteiger partial charge is 0.348 e. The molecule has 4 nitrogen and oxygen atoms in total. The summed E-state index contributed by atoms with van der Waals surface area (Å²) in [6.45, 7) is 2.14. The van der Waals surface area contributed by atoms with Gasteiger partial charge >= 0.3 is 11.8 Å². The molecule has 2 aromatic rings. The Kier molecular flexibility index (Phi) is 5.86. The normalized spacial score (nSPS) is 10.2. The first-order valence-corrected chi connectivity index (χ1v) is 7.45. The second-order valence-corrected chi connectivity index (χ2v) is 5.26. The number of halogens is 1. The van der Waals surface area contributed by atoms with E-state index in [2.05, 4.69) is 10.6 Å². The fraction of sp³-hybridized carbons (Fsp3) is 0.222. The van der Waals surface area contributed by atoms with Crippen molar-refractivity contribution in [2.75, 3.05) is 11.9 Å². The Morgan fingerprint density at radius 3 is 2.52 bits per heavy atom. The Bertz CT molecular complexity index is 687. The molecule has 23 heavy (non-hydrogen) atoms. The monoisotopic (exact) mass is 314 g/mol. The van der Waals surface area contributed by atoms with Crippen molar-refractivity contribution < 1.29 is 14.0 Å². The van der Waals surface area contributed by atoms with Crippen LogP contribution in [0.5, 0.6) is 0 Å². The second-order valence-electron chi connectivity index (χ2n) is 5.26. The third-order valence-corrected chi connectivity index (χ3v) is 3.42. The predicted molar refractivity (Wildman–Crippen MR) is 87.5 cm³/mol. The number of amides is 2. The highest BCUT2D eigenvalue weighted by Gasteiger charge is 2.14. The summed E-state index contributed by atoms with van der Waals surface area (Å²) in [4.78, 5) is 23.5. The van der Waals surface area contributed by atoms with Gasteiger partial charge in [-0.1, -0.05) is 36.4 Å². The summed E-state index contributed by atoms with van der Waals surface area (Å²) in [6.07, 6.45) is 1.56. The zero-order valence-corrected chi connectivity index (χ0v) is 12.9. The summed E-state index contributed by atoms with van der Waals surface area (Å²) in [6, 6.07) is 13.9. The van der Waals surface area contributed by atoms with Crippen LogP contribution in [0.1, 0.15) is 17.5 Å². The van der Waals surface area contributed by atoms with E-state index in [4.69, 9.17) is 0 Å². The molecule has 0 spiro atoms. The van der Waals surface area contributed by atoms with Crippen LogP contribution in [-0.2, 0) is 16.0 Å². The topological polar surface area (TPSA) is 58.2 Å². The van der Waals surface area contributed by atoms with Crippen molar-refractivity contribution in [1.82, 2.24) is 5.32 Å². The van der Waals surface area contributed by atoms with Gasteiger partial charge in [-0.05, 0) is 43.0 Å². The molecule has 0 fully saturated rings. The van der Waals surface area contributed by atoms with Gasteiger partial charge in [-0.25, -0.2) is 4.39 Å². The van der Waals surface area contributed by atoms with E-state index in [-0.39, 0.29) is 0 Å². The molecular weight excluding hydrogens is 295 g/mol. The lowest BCUT2D eigenvalue weighted by molar-refractivity contribution is -0.136. The van der Waals surface area contributed by atoms with E-state index in [0.29, 0.717) is 17.8 Å². The van der Waals surface area contributed by atoms with E-state index in [1.54, 1.807) is 13.0 Å². The number of rotatable bonds is 5. The first-order chi connectivity index (χ1) is 11.1. The number of carbonyl (C=O) groups excluding carboxylic acids is 2. The number of aryl methyl sites for hydroxylation is 2. The first kappa shape index (κ1) is 16.7. The van der Waals surface area contributed by atoms with Crippen molar-refractivity contribution >= 4 is 17.5 Å². The minimum Gasteiger partial charge on any atom is -0.348 e. The highest BCUT2D eigenvalue weighted by molar-refractivity contribution is 6.39. The Morgan fingerprint density at radius 1 is 1.04 bits per heavy atom. The van der Waals surface area contributed by atoms with Gasteiger partial charge in [0.25, 0.3) is 0 Å². The maximum Gasteiger partial charge on any atom is 0.313 e. The van der Waals surface area contributed by atoms with E-state index >= 15 is 0 Å². The van der Waals surface area contributed by atoms with Crippen LogP contribution in [-0.4, -0.2) is 18.4 Å². The number of anilines is 1. The summed E-state index contributed by atoms with van der Waals surface area (Å²) < 4.78 is 13.2. The number of hydrogen-bond acceptors (Lipinski definition) is 2. The van der Waals surface area contributed by atoms with Gasteiger partial charge in [-0.15, -0.1) is 0 Å². The molecule has 0 bridgehead atoms. The van der Waals surface area contributed by atoms with Gasteiger partial charge in [-0.2, -0.15) is 0 Å². The molecule has 2 amide bonds. The highest BCUT2D eigenvalue weighted by Crippen LogP contribution is 2.15. The minimum absolute atomic E-state index is 0.300. The molecule has 2 N–H and O–H groups in total. The maximum atomic E-state index is 13.2. The van der Waals surface area contributed by atoms with Crippen molar-refractivity contribution in [1.29, 1.82) is 0 Å². The van der Waals surface area contributed by atoms with Gasteiger partial charge in [0.15, 0.2) is 0 Å². The van der Waals surface area contributed by atoms with Gasteiger partial charge in [0.1, 0.15) is 5.82 Å². The quantitative estimate of drug-likeness (QED) is 0.658. The third kappa shape index (κ3) is 5.21. The Morgan fingerprint density at radius 2 is 1.78 bits per heavy atom. The summed E-state index contributed by atoms with van der Waals surface area (Å²) in [5.74, 6) is -1.98. The SMILES string of the molecule is Cc1ccc(F)cc1NC(=O)C(=O)NCCCc1ccccc1. The summed E-state index contributed by atoms with van der Waals surface area (Å²) >= 11 is 0.